The van der Waals surface area contributed by atoms with Crippen molar-refractivity contribution in [3.05, 3.63) is 64.2 Å². The fourth-order valence-corrected chi connectivity index (χ4v) is 5.77. The lowest BCUT2D eigenvalue weighted by atomic mass is 9.63. The summed E-state index contributed by atoms with van der Waals surface area (Å²) in [6, 6.07) is 8.28. The second kappa shape index (κ2) is 7.90. The third-order valence-corrected chi connectivity index (χ3v) is 7.93. The fraction of sp³-hybridized carbons (Fsp3) is 0.462. The Hall–Kier alpha value is -2.28. The zero-order chi connectivity index (χ0) is 24.3. The number of nitrogens with zero attached hydrogens (tertiary/aromatic N) is 1. The highest BCUT2D eigenvalue weighted by Gasteiger charge is 2.44. The van der Waals surface area contributed by atoms with Crippen molar-refractivity contribution in [3.8, 4) is 0 Å². The van der Waals surface area contributed by atoms with E-state index in [-0.39, 0.29) is 27.6 Å². The van der Waals surface area contributed by atoms with Crippen LogP contribution in [-0.4, -0.2) is 16.4 Å². The Kier molecular flexibility index (Phi) is 5.71. The van der Waals surface area contributed by atoms with Crippen LogP contribution in [-0.2, 0) is 28.2 Å². The van der Waals surface area contributed by atoms with E-state index in [2.05, 4.69) is 33.8 Å². The Morgan fingerprint density at radius 3 is 2.21 bits per heavy atom. The molecule has 0 radical (unpaired) electrons. The maximum absolute atomic E-state index is 13.2. The molecule has 7 heteroatoms. The van der Waals surface area contributed by atoms with E-state index in [1.54, 1.807) is 6.07 Å². The molecule has 2 aromatic carbocycles. The van der Waals surface area contributed by atoms with Crippen LogP contribution in [0.3, 0.4) is 0 Å². The normalized spacial score (nSPS) is 21.9. The Morgan fingerprint density at radius 2 is 1.61 bits per heavy atom. The number of aryl methyl sites for hydroxylation is 1. The number of alkyl halides is 3. The molecule has 1 unspecified atom stereocenters. The van der Waals surface area contributed by atoms with E-state index < -0.39 is 17.8 Å². The molecule has 1 fully saturated rings. The number of carbonyl (C=O) groups is 2. The minimum atomic E-state index is -4.46. The highest BCUT2D eigenvalue weighted by molar-refractivity contribution is 8.27. The quantitative estimate of drug-likeness (QED) is 0.472. The zero-order valence-corrected chi connectivity index (χ0v) is 20.3. The van der Waals surface area contributed by atoms with Gasteiger partial charge in [-0.05, 0) is 65.0 Å². The molecule has 0 saturated carbocycles. The van der Waals surface area contributed by atoms with E-state index in [0.29, 0.717) is 23.0 Å². The van der Waals surface area contributed by atoms with Crippen LogP contribution in [0.5, 0.6) is 0 Å². The molecule has 1 aliphatic heterocycles. The number of carbonyl (C=O) groups excluding carboxylic acids is 2. The lowest BCUT2D eigenvalue weighted by molar-refractivity contribution is -0.137. The maximum atomic E-state index is 13.2. The van der Waals surface area contributed by atoms with Gasteiger partial charge in [0, 0.05) is 23.9 Å². The topological polar surface area (TPSA) is 37.4 Å². The Labute approximate surface area is 196 Å². The number of thioether (sulfide) groups is 1. The molecule has 176 valence electrons. The fourth-order valence-electron chi connectivity index (χ4n) is 4.94. The van der Waals surface area contributed by atoms with Crippen molar-refractivity contribution < 1.29 is 22.8 Å². The van der Waals surface area contributed by atoms with Gasteiger partial charge in [0.05, 0.1) is 5.56 Å². The second-order valence-corrected chi connectivity index (χ2v) is 11.4. The summed E-state index contributed by atoms with van der Waals surface area (Å²) in [7, 11) is 0. The minimum absolute atomic E-state index is 0.00513. The molecule has 2 aliphatic rings. The van der Waals surface area contributed by atoms with Crippen molar-refractivity contribution in [2.24, 2.45) is 0 Å². The largest absolute Gasteiger partial charge is 0.416 e. The monoisotopic (exact) mass is 475 g/mol. The Morgan fingerprint density at radius 1 is 1.00 bits per heavy atom. The maximum Gasteiger partial charge on any atom is 0.416 e. The van der Waals surface area contributed by atoms with Gasteiger partial charge in [0.25, 0.3) is 5.24 Å². The number of fused-ring (bicyclic) bond motifs is 1. The molecule has 4 rings (SSSR count). The van der Waals surface area contributed by atoms with E-state index in [9.17, 15) is 22.8 Å². The lowest BCUT2D eigenvalue weighted by Crippen LogP contribution is -2.39. The average molecular weight is 476 g/mol. The van der Waals surface area contributed by atoms with Gasteiger partial charge in [0.1, 0.15) is 6.04 Å². The van der Waals surface area contributed by atoms with Gasteiger partial charge < -0.3 is 0 Å². The van der Waals surface area contributed by atoms with Gasteiger partial charge in [-0.15, -0.1) is 0 Å². The first-order chi connectivity index (χ1) is 15.2. The van der Waals surface area contributed by atoms with Gasteiger partial charge in [0.15, 0.2) is 0 Å². The molecule has 33 heavy (non-hydrogen) atoms. The van der Waals surface area contributed by atoms with Gasteiger partial charge in [-0.3, -0.25) is 14.5 Å². The third kappa shape index (κ3) is 4.32. The Balaban J connectivity index is 1.77. The number of halogens is 3. The molecule has 1 amide bonds. The van der Waals surface area contributed by atoms with Gasteiger partial charge in [-0.25, -0.2) is 0 Å². The van der Waals surface area contributed by atoms with Crippen molar-refractivity contribution in [2.45, 2.75) is 76.9 Å². The number of anilines is 1. The second-order valence-electron chi connectivity index (χ2n) is 10.4. The summed E-state index contributed by atoms with van der Waals surface area (Å²) >= 11 is 0.632. The van der Waals surface area contributed by atoms with Crippen LogP contribution in [0.15, 0.2) is 36.4 Å². The van der Waals surface area contributed by atoms with Crippen LogP contribution < -0.4 is 4.90 Å². The third-order valence-electron chi connectivity index (χ3n) is 7.08. The van der Waals surface area contributed by atoms with Gasteiger partial charge >= 0.3 is 6.18 Å². The summed E-state index contributed by atoms with van der Waals surface area (Å²) in [6.45, 7) is 10.7. The van der Waals surface area contributed by atoms with Crippen LogP contribution in [0, 0.1) is 6.92 Å². The molecule has 3 nitrogen and oxygen atoms in total. The van der Waals surface area contributed by atoms with E-state index in [0.717, 1.165) is 36.1 Å². The van der Waals surface area contributed by atoms with Crippen LogP contribution in [0.25, 0.3) is 0 Å². The van der Waals surface area contributed by atoms with Gasteiger partial charge in [0.2, 0.25) is 5.12 Å². The number of amides is 1. The molecular weight excluding hydrogens is 447 g/mol. The SMILES string of the molecule is Cc1cc2c(cc1N1C(=O)SC(=O)C1Cc1cccc(C(F)(F)F)c1)C(C)(C)CCC2(C)C. The number of rotatable bonds is 3. The van der Waals surface area contributed by atoms with Crippen LogP contribution in [0.4, 0.5) is 23.7 Å². The predicted octanol–water partition coefficient (Wildman–Crippen LogP) is 7.17. The summed E-state index contributed by atoms with van der Waals surface area (Å²) < 4.78 is 39.5. The summed E-state index contributed by atoms with van der Waals surface area (Å²) in [5, 5.41) is -0.720. The number of benzene rings is 2. The van der Waals surface area contributed by atoms with E-state index in [4.69, 9.17) is 0 Å². The summed E-state index contributed by atoms with van der Waals surface area (Å²) in [5.41, 5.74) is 3.51. The van der Waals surface area contributed by atoms with Crippen molar-refractivity contribution in [1.82, 2.24) is 0 Å². The molecule has 0 bridgehead atoms. The molecular formula is C26H28F3NO2S. The predicted molar refractivity (Wildman–Crippen MR) is 126 cm³/mol. The molecule has 0 spiro atoms. The van der Waals surface area contributed by atoms with Crippen molar-refractivity contribution in [3.63, 3.8) is 0 Å². The highest BCUT2D eigenvalue weighted by Crippen LogP contribution is 2.48. The van der Waals surface area contributed by atoms with Gasteiger partial charge in [-0.2, -0.15) is 13.2 Å². The molecule has 1 atom stereocenters. The summed E-state index contributed by atoms with van der Waals surface area (Å²) in [4.78, 5) is 27.2. The van der Waals surface area contributed by atoms with Gasteiger partial charge in [-0.1, -0.05) is 52.0 Å². The number of hydrogen-bond acceptors (Lipinski definition) is 3. The van der Waals surface area contributed by atoms with E-state index in [1.165, 1.54) is 16.5 Å². The van der Waals surface area contributed by atoms with Crippen molar-refractivity contribution in [1.29, 1.82) is 0 Å². The minimum Gasteiger partial charge on any atom is -0.291 e. The molecule has 1 heterocycles. The van der Waals surface area contributed by atoms with Crippen molar-refractivity contribution in [2.75, 3.05) is 4.90 Å². The Bertz CT molecular complexity index is 1140. The first-order valence-corrected chi connectivity index (χ1v) is 11.9. The smallest absolute Gasteiger partial charge is 0.291 e. The highest BCUT2D eigenvalue weighted by atomic mass is 32.2. The first kappa shape index (κ1) is 23.9. The molecule has 1 aliphatic carbocycles. The molecule has 2 aromatic rings. The molecule has 0 N–H and O–H groups in total. The standard InChI is InChI=1S/C26H28F3NO2S/c1-15-11-18-19(25(4,5)10-9-24(18,2)3)14-20(15)30-21(22(31)33-23(30)32)13-16-7-6-8-17(12-16)26(27,28)29/h6-8,11-12,14,21H,9-10,13H2,1-5H3. The molecule has 1 saturated heterocycles. The first-order valence-electron chi connectivity index (χ1n) is 11.1. The molecule has 0 aromatic heterocycles. The average Bonchev–Trinajstić information content (AvgIpc) is 2.98. The summed E-state index contributed by atoms with van der Waals surface area (Å²) in [6.07, 6.45) is -2.37. The number of hydrogen-bond donors (Lipinski definition) is 0. The van der Waals surface area contributed by atoms with E-state index >= 15 is 0 Å². The zero-order valence-electron chi connectivity index (χ0n) is 19.5. The lowest BCUT2D eigenvalue weighted by Gasteiger charge is -2.43. The van der Waals surface area contributed by atoms with Crippen LogP contribution >= 0.6 is 11.8 Å². The van der Waals surface area contributed by atoms with E-state index in [1.807, 2.05) is 13.0 Å². The van der Waals surface area contributed by atoms with Crippen molar-refractivity contribution >= 4 is 27.8 Å². The van der Waals surface area contributed by atoms with Crippen LogP contribution in [0.2, 0.25) is 0 Å². The summed E-state index contributed by atoms with van der Waals surface area (Å²) in [5.74, 6) is 0. The van der Waals surface area contributed by atoms with Crippen LogP contribution in [0.1, 0.15) is 68.4 Å².